The minimum Gasteiger partial charge on any atom is -0.382 e. The molecule has 68 valence electrons. The van der Waals surface area contributed by atoms with E-state index >= 15 is 0 Å². The van der Waals surface area contributed by atoms with E-state index in [4.69, 9.17) is 4.84 Å². The Labute approximate surface area is 80.7 Å². The van der Waals surface area contributed by atoms with Crippen molar-refractivity contribution in [3.8, 4) is 5.75 Å². The van der Waals surface area contributed by atoms with Gasteiger partial charge in [-0.2, -0.15) is 0 Å². The molecule has 2 aliphatic heterocycles. The average molecular weight is 184 g/mol. The van der Waals surface area contributed by atoms with E-state index in [1.807, 2.05) is 36.6 Å². The van der Waals surface area contributed by atoms with E-state index in [1.165, 1.54) is 0 Å². The zero-order valence-corrected chi connectivity index (χ0v) is 7.40. The maximum atomic E-state index is 5.20. The van der Waals surface area contributed by atoms with Crippen LogP contribution in [0.4, 0.5) is 5.69 Å². The number of hydroxylamine groups is 1. The first-order valence-corrected chi connectivity index (χ1v) is 4.42. The van der Waals surface area contributed by atoms with Gasteiger partial charge < -0.3 is 4.84 Å². The van der Waals surface area contributed by atoms with Crippen molar-refractivity contribution in [3.63, 3.8) is 0 Å². The largest absolute Gasteiger partial charge is 0.382 e. The lowest BCUT2D eigenvalue weighted by Gasteiger charge is -1.97. The Bertz CT molecular complexity index is 555. The fourth-order valence-electron chi connectivity index (χ4n) is 1.61. The summed E-state index contributed by atoms with van der Waals surface area (Å²) in [5.41, 5.74) is 3.71. The van der Waals surface area contributed by atoms with Crippen molar-refractivity contribution in [1.29, 1.82) is 0 Å². The monoisotopic (exact) mass is 184 g/mol. The summed E-state index contributed by atoms with van der Waals surface area (Å²) in [5.74, 6) is 0.852. The zero-order valence-electron chi connectivity index (χ0n) is 7.40. The number of hydrogen-bond donors (Lipinski definition) is 1. The van der Waals surface area contributed by atoms with Gasteiger partial charge >= 0.3 is 0 Å². The molecule has 2 aliphatic rings. The minimum atomic E-state index is 0.852. The molecule has 1 N–H and O–H groups in total. The van der Waals surface area contributed by atoms with Crippen molar-refractivity contribution < 1.29 is 4.84 Å². The summed E-state index contributed by atoms with van der Waals surface area (Å²) in [7, 11) is 0. The second-order valence-electron chi connectivity index (χ2n) is 3.10. The van der Waals surface area contributed by atoms with Crippen LogP contribution in [0.2, 0.25) is 0 Å². The molecule has 0 fully saturated rings. The molecule has 0 amide bonds. The van der Waals surface area contributed by atoms with E-state index in [-0.39, 0.29) is 0 Å². The summed E-state index contributed by atoms with van der Waals surface area (Å²) in [6, 6.07) is 3.87. The van der Waals surface area contributed by atoms with Crippen molar-refractivity contribution in [2.75, 3.05) is 0 Å². The van der Waals surface area contributed by atoms with E-state index in [2.05, 4.69) is 10.5 Å². The molecule has 3 nitrogen and oxygen atoms in total. The lowest BCUT2D eigenvalue weighted by Crippen LogP contribution is -2.23. The van der Waals surface area contributed by atoms with Crippen LogP contribution in [-0.4, -0.2) is 6.21 Å². The molecule has 1 aromatic rings. The number of benzene rings is 1. The Hall–Kier alpha value is -2.03. The third-order valence-corrected chi connectivity index (χ3v) is 2.27. The standard InChI is InChI=1S/C11H8N2O/c1-2-6-12-10-4-5-11-9(7-13-14-11)8(10)3-1/h1-7,13H. The lowest BCUT2D eigenvalue weighted by atomic mass is 10.2. The molecule has 0 aromatic heterocycles. The van der Waals surface area contributed by atoms with Crippen LogP contribution >= 0.6 is 0 Å². The van der Waals surface area contributed by atoms with E-state index < -0.39 is 0 Å². The van der Waals surface area contributed by atoms with Crippen molar-refractivity contribution in [3.05, 3.63) is 34.7 Å². The molecule has 0 radical (unpaired) electrons. The molecule has 3 rings (SSSR count). The molecular formula is C11H8N2O. The van der Waals surface area contributed by atoms with Gasteiger partial charge in [-0.05, 0) is 18.2 Å². The number of fused-ring (bicyclic) bond motifs is 3. The van der Waals surface area contributed by atoms with Gasteiger partial charge in [0.2, 0.25) is 0 Å². The molecule has 0 aliphatic carbocycles. The number of rotatable bonds is 0. The Kier molecular flexibility index (Phi) is 1.44. The summed E-state index contributed by atoms with van der Waals surface area (Å²) < 4.78 is 0. The summed E-state index contributed by atoms with van der Waals surface area (Å²) in [6.45, 7) is 0. The number of nitrogens with one attached hydrogen (secondary N) is 1. The molecule has 14 heavy (non-hydrogen) atoms. The minimum absolute atomic E-state index is 0.852. The topological polar surface area (TPSA) is 33.6 Å². The van der Waals surface area contributed by atoms with Crippen LogP contribution in [0.5, 0.6) is 5.75 Å². The Morgan fingerprint density at radius 2 is 2.14 bits per heavy atom. The van der Waals surface area contributed by atoms with Gasteiger partial charge in [0.15, 0.2) is 5.75 Å². The summed E-state index contributed by atoms with van der Waals surface area (Å²) in [6.07, 6.45) is 9.56. The van der Waals surface area contributed by atoms with Crippen LogP contribution < -0.4 is 20.8 Å². The molecule has 0 spiro atoms. The zero-order chi connectivity index (χ0) is 9.38. The van der Waals surface area contributed by atoms with Gasteiger partial charge in [0.05, 0.1) is 5.69 Å². The van der Waals surface area contributed by atoms with Crippen LogP contribution in [0, 0.1) is 0 Å². The van der Waals surface area contributed by atoms with Gasteiger partial charge in [0, 0.05) is 22.9 Å². The van der Waals surface area contributed by atoms with Crippen molar-refractivity contribution in [1.82, 2.24) is 5.48 Å². The highest BCUT2D eigenvalue weighted by atomic mass is 16.6. The predicted octanol–water partition coefficient (Wildman–Crippen LogP) is 0.374. The van der Waals surface area contributed by atoms with E-state index in [1.54, 1.807) is 6.21 Å². The number of allylic oxidation sites excluding steroid dienone is 2. The van der Waals surface area contributed by atoms with E-state index in [9.17, 15) is 0 Å². The molecule has 0 saturated heterocycles. The Balaban J connectivity index is 2.47. The van der Waals surface area contributed by atoms with Gasteiger partial charge in [-0.25, -0.2) is 5.48 Å². The second-order valence-corrected chi connectivity index (χ2v) is 3.10. The molecule has 1 aromatic carbocycles. The van der Waals surface area contributed by atoms with Crippen LogP contribution in [0.15, 0.2) is 29.3 Å². The average Bonchev–Trinajstić information content (AvgIpc) is 2.55. The number of nitrogens with zero attached hydrogens (tertiary/aromatic N) is 1. The van der Waals surface area contributed by atoms with Gasteiger partial charge in [-0.3, -0.25) is 4.99 Å². The smallest absolute Gasteiger partial charge is 0.164 e. The van der Waals surface area contributed by atoms with E-state index in [0.717, 1.165) is 21.9 Å². The summed E-state index contributed by atoms with van der Waals surface area (Å²) >= 11 is 0. The van der Waals surface area contributed by atoms with Crippen LogP contribution in [0.1, 0.15) is 0 Å². The van der Waals surface area contributed by atoms with Crippen molar-refractivity contribution in [2.45, 2.75) is 0 Å². The number of aliphatic imine (C=N–C) groups is 1. The summed E-state index contributed by atoms with van der Waals surface area (Å²) in [4.78, 5) is 9.52. The fourth-order valence-corrected chi connectivity index (χ4v) is 1.61. The third-order valence-electron chi connectivity index (χ3n) is 2.27. The first-order chi connectivity index (χ1) is 6.95. The van der Waals surface area contributed by atoms with Crippen LogP contribution in [-0.2, 0) is 0 Å². The predicted molar refractivity (Wildman–Crippen MR) is 55.7 cm³/mol. The molecule has 0 saturated carbocycles. The lowest BCUT2D eigenvalue weighted by molar-refractivity contribution is 0.271. The molecular weight excluding hydrogens is 176 g/mol. The first-order valence-electron chi connectivity index (χ1n) is 4.42. The molecule has 3 heteroatoms. The van der Waals surface area contributed by atoms with E-state index in [0.29, 0.717) is 0 Å². The first kappa shape index (κ1) is 7.38. The number of hydrogen-bond acceptors (Lipinski definition) is 3. The highest BCUT2D eigenvalue weighted by Gasteiger charge is 2.07. The van der Waals surface area contributed by atoms with Crippen LogP contribution in [0.3, 0.4) is 0 Å². The normalized spacial score (nSPS) is 15.4. The highest BCUT2D eigenvalue weighted by molar-refractivity contribution is 5.78. The van der Waals surface area contributed by atoms with Gasteiger partial charge in [0.1, 0.15) is 0 Å². The molecule has 2 heterocycles. The van der Waals surface area contributed by atoms with Gasteiger partial charge in [-0.15, -0.1) is 0 Å². The second kappa shape index (κ2) is 2.73. The quantitative estimate of drug-likeness (QED) is 0.632. The highest BCUT2D eigenvalue weighted by Crippen LogP contribution is 2.10. The van der Waals surface area contributed by atoms with Gasteiger partial charge in [-0.1, -0.05) is 12.2 Å². The molecule has 0 atom stereocenters. The van der Waals surface area contributed by atoms with Crippen LogP contribution in [0.25, 0.3) is 12.3 Å². The summed E-state index contributed by atoms with van der Waals surface area (Å²) in [5, 5.41) is 2.16. The SMILES string of the molecule is C1=CC=c2c(ccc3c2=CNO3)N=C1. The molecule has 0 unspecified atom stereocenters. The maximum Gasteiger partial charge on any atom is 0.164 e. The Morgan fingerprint density at radius 3 is 3.14 bits per heavy atom. The Morgan fingerprint density at radius 1 is 1.14 bits per heavy atom. The maximum absolute atomic E-state index is 5.20. The fraction of sp³-hybridized carbons (Fsp3) is 0. The van der Waals surface area contributed by atoms with Crippen molar-refractivity contribution in [2.24, 2.45) is 4.99 Å². The van der Waals surface area contributed by atoms with Crippen molar-refractivity contribution >= 4 is 24.2 Å². The molecule has 0 bridgehead atoms. The van der Waals surface area contributed by atoms with Gasteiger partial charge in [0.25, 0.3) is 0 Å². The third kappa shape index (κ3) is 0.956.